The van der Waals surface area contributed by atoms with Crippen molar-refractivity contribution >= 4 is 6.29 Å². The van der Waals surface area contributed by atoms with E-state index in [0.29, 0.717) is 12.5 Å². The first kappa shape index (κ1) is 8.68. The highest BCUT2D eigenvalue weighted by atomic mass is 16.7. The second-order valence-electron chi connectivity index (χ2n) is 3.30. The number of nitrogens with zero attached hydrogens (tertiary/aromatic N) is 1. The van der Waals surface area contributed by atoms with Gasteiger partial charge in [0, 0.05) is 19.7 Å². The van der Waals surface area contributed by atoms with Gasteiger partial charge in [0.15, 0.2) is 0 Å². The molecule has 64 valence electrons. The minimum absolute atomic E-state index is 0.0694. The molecule has 0 radical (unpaired) electrons. The maximum absolute atomic E-state index is 10.4. The number of carbonyl (C=O) groups excluding carboxylic acids is 1. The van der Waals surface area contributed by atoms with E-state index < -0.39 is 0 Å². The van der Waals surface area contributed by atoms with Gasteiger partial charge in [-0.2, -0.15) is 5.06 Å². The molecule has 2 atom stereocenters. The van der Waals surface area contributed by atoms with Gasteiger partial charge >= 0.3 is 0 Å². The van der Waals surface area contributed by atoms with E-state index in [1.165, 1.54) is 0 Å². The average molecular weight is 156 g/mol. The van der Waals surface area contributed by atoms with Crippen molar-refractivity contribution in [1.82, 2.24) is 5.06 Å². The zero-order chi connectivity index (χ0) is 8.43. The van der Waals surface area contributed by atoms with E-state index >= 15 is 0 Å². The Kier molecular flexibility index (Phi) is 2.62. The fourth-order valence-corrected chi connectivity index (χ4v) is 1.62. The normalized spacial score (nSPS) is 33.1. The highest BCUT2D eigenvalue weighted by Crippen LogP contribution is 2.23. The highest BCUT2D eigenvalue weighted by Gasteiger charge is 2.28. The molecular formula is C8H14NO2-. The summed E-state index contributed by atoms with van der Waals surface area (Å²) in [7, 11) is 1.86. The summed E-state index contributed by atoms with van der Waals surface area (Å²) in [4.78, 5) is 15.6. The molecule has 0 aromatic carbocycles. The first-order chi connectivity index (χ1) is 5.16. The molecule has 11 heavy (non-hydrogen) atoms. The predicted octanol–water partition coefficient (Wildman–Crippen LogP) is 0.614. The molecule has 1 fully saturated rings. The lowest BCUT2D eigenvalue weighted by Gasteiger charge is -2.27. The van der Waals surface area contributed by atoms with Crippen LogP contribution < -0.4 is 0 Å². The molecule has 0 spiro atoms. The molecule has 1 heterocycles. The quantitative estimate of drug-likeness (QED) is 0.549. The third kappa shape index (κ3) is 1.60. The van der Waals surface area contributed by atoms with E-state index in [1.807, 2.05) is 13.3 Å². The molecule has 1 aliphatic heterocycles. The molecule has 0 aliphatic carbocycles. The predicted molar refractivity (Wildman–Crippen MR) is 41.5 cm³/mol. The van der Waals surface area contributed by atoms with Crippen molar-refractivity contribution in [2.24, 2.45) is 11.8 Å². The summed E-state index contributed by atoms with van der Waals surface area (Å²) in [6, 6.07) is 0.201. The third-order valence-electron chi connectivity index (χ3n) is 2.12. The largest absolute Gasteiger partial charge is 0.541 e. The Balaban J connectivity index is 2.63. The van der Waals surface area contributed by atoms with Crippen molar-refractivity contribution < 1.29 is 9.63 Å². The van der Waals surface area contributed by atoms with E-state index in [0.717, 1.165) is 0 Å². The molecule has 0 amide bonds. The van der Waals surface area contributed by atoms with Gasteiger partial charge in [0.1, 0.15) is 0 Å². The van der Waals surface area contributed by atoms with Gasteiger partial charge in [-0.05, 0) is 5.92 Å². The van der Waals surface area contributed by atoms with Crippen LogP contribution in [0, 0.1) is 11.8 Å². The van der Waals surface area contributed by atoms with Crippen LogP contribution in [0.4, 0.5) is 0 Å². The van der Waals surface area contributed by atoms with Gasteiger partial charge in [0.05, 0.1) is 0 Å². The summed E-state index contributed by atoms with van der Waals surface area (Å²) in [5.41, 5.74) is 0. The number of hydrogen-bond acceptors (Lipinski definition) is 3. The molecule has 3 heteroatoms. The van der Waals surface area contributed by atoms with Crippen LogP contribution >= 0.6 is 0 Å². The van der Waals surface area contributed by atoms with Crippen LogP contribution in [0.3, 0.4) is 0 Å². The average Bonchev–Trinajstić information content (AvgIpc) is 2.30. The Morgan fingerprint density at radius 2 is 2.27 bits per heavy atom. The molecule has 0 aromatic rings. The third-order valence-corrected chi connectivity index (χ3v) is 2.12. The van der Waals surface area contributed by atoms with E-state index in [2.05, 4.69) is 13.8 Å². The van der Waals surface area contributed by atoms with Crippen LogP contribution in [0.1, 0.15) is 13.8 Å². The molecule has 0 N–H and O–H groups in total. The molecular weight excluding hydrogens is 142 g/mol. The Bertz CT molecular complexity index is 147. The van der Waals surface area contributed by atoms with Crippen molar-refractivity contribution in [3.05, 3.63) is 0 Å². The highest BCUT2D eigenvalue weighted by molar-refractivity contribution is 5.56. The fourth-order valence-electron chi connectivity index (χ4n) is 1.62. The van der Waals surface area contributed by atoms with Crippen LogP contribution in [0.15, 0.2) is 0 Å². The van der Waals surface area contributed by atoms with E-state index in [1.54, 1.807) is 5.06 Å². The lowest BCUT2D eigenvalue weighted by atomic mass is 9.93. The van der Waals surface area contributed by atoms with Gasteiger partial charge in [0.25, 0.3) is 0 Å². The van der Waals surface area contributed by atoms with Crippen molar-refractivity contribution in [2.75, 3.05) is 13.7 Å². The number of hydrogen-bond donors (Lipinski definition) is 0. The van der Waals surface area contributed by atoms with Crippen LogP contribution in [-0.4, -0.2) is 31.0 Å². The van der Waals surface area contributed by atoms with Crippen LogP contribution in [0.25, 0.3) is 0 Å². The van der Waals surface area contributed by atoms with Crippen LogP contribution in [0.2, 0.25) is 0 Å². The topological polar surface area (TPSA) is 29.5 Å². The summed E-state index contributed by atoms with van der Waals surface area (Å²) < 4.78 is 0. The fraction of sp³-hybridized carbons (Fsp3) is 0.875. The van der Waals surface area contributed by atoms with Gasteiger partial charge in [-0.25, -0.2) is 0 Å². The van der Waals surface area contributed by atoms with Crippen molar-refractivity contribution in [3.63, 3.8) is 0 Å². The maximum Gasteiger partial charge on any atom is 0.0489 e. The molecule has 3 nitrogen and oxygen atoms in total. The van der Waals surface area contributed by atoms with Crippen molar-refractivity contribution in [3.8, 4) is 0 Å². The minimum atomic E-state index is -0.0694. The molecule has 0 bridgehead atoms. The van der Waals surface area contributed by atoms with Crippen molar-refractivity contribution in [2.45, 2.75) is 19.9 Å². The Morgan fingerprint density at radius 1 is 1.64 bits per heavy atom. The summed E-state index contributed by atoms with van der Waals surface area (Å²) >= 11 is 0. The standard InChI is InChI=1S/C8H14NO2/c1-6(2)8-7(4-10)5-11-9(8)3/h6-8H,5H2,1-3H3/q-1/t7-,8+/m0/s1. The zero-order valence-electron chi connectivity index (χ0n) is 7.20. The van der Waals surface area contributed by atoms with Crippen LogP contribution in [-0.2, 0) is 9.63 Å². The summed E-state index contributed by atoms with van der Waals surface area (Å²) in [5.74, 6) is 0.369. The van der Waals surface area contributed by atoms with E-state index in [4.69, 9.17) is 4.84 Å². The Hall–Kier alpha value is -0.410. The minimum Gasteiger partial charge on any atom is -0.541 e. The number of hydroxylamine groups is 2. The number of rotatable bonds is 2. The maximum atomic E-state index is 10.4. The monoisotopic (exact) mass is 156 g/mol. The second-order valence-corrected chi connectivity index (χ2v) is 3.30. The summed E-state index contributed by atoms with van der Waals surface area (Å²) in [6.45, 7) is 4.66. The van der Waals surface area contributed by atoms with E-state index in [9.17, 15) is 4.79 Å². The second kappa shape index (κ2) is 3.32. The van der Waals surface area contributed by atoms with Gasteiger partial charge in [0.2, 0.25) is 0 Å². The van der Waals surface area contributed by atoms with Crippen molar-refractivity contribution in [1.29, 1.82) is 0 Å². The zero-order valence-corrected chi connectivity index (χ0v) is 7.20. The lowest BCUT2D eigenvalue weighted by Crippen LogP contribution is -2.34. The molecule has 0 saturated carbocycles. The SMILES string of the molecule is CC(C)[C@@H]1[C@@H]([C-]=O)CON1C. The Morgan fingerprint density at radius 3 is 2.64 bits per heavy atom. The van der Waals surface area contributed by atoms with Crippen LogP contribution in [0.5, 0.6) is 0 Å². The van der Waals surface area contributed by atoms with Gasteiger partial charge in [-0.3, -0.25) is 6.29 Å². The summed E-state index contributed by atoms with van der Waals surface area (Å²) in [5, 5.41) is 1.76. The summed E-state index contributed by atoms with van der Waals surface area (Å²) in [6.07, 6.45) is 2.01. The lowest BCUT2D eigenvalue weighted by molar-refractivity contribution is -0.117. The van der Waals surface area contributed by atoms with E-state index in [-0.39, 0.29) is 12.0 Å². The van der Waals surface area contributed by atoms with Gasteiger partial charge in [-0.1, -0.05) is 19.8 Å². The molecule has 0 aromatic heterocycles. The smallest absolute Gasteiger partial charge is 0.0489 e. The molecule has 1 rings (SSSR count). The molecule has 1 saturated heterocycles. The molecule has 0 unspecified atom stereocenters. The van der Waals surface area contributed by atoms with Gasteiger partial charge in [-0.15, -0.1) is 0 Å². The first-order valence-corrected chi connectivity index (χ1v) is 3.90. The first-order valence-electron chi connectivity index (χ1n) is 3.90. The van der Waals surface area contributed by atoms with Gasteiger partial charge < -0.3 is 9.63 Å². The Labute approximate surface area is 67.3 Å². The molecule has 1 aliphatic rings.